The Labute approximate surface area is 135 Å². The number of hydrogen-bond donors (Lipinski definition) is 3. The monoisotopic (exact) mass is 321 g/mol. The molecule has 0 saturated carbocycles. The summed E-state index contributed by atoms with van der Waals surface area (Å²) in [5.74, 6) is -1.51. The van der Waals surface area contributed by atoms with Crippen LogP contribution in [0.25, 0.3) is 0 Å². The molecule has 126 valence electrons. The van der Waals surface area contributed by atoms with Crippen molar-refractivity contribution in [3.8, 4) is 0 Å². The standard InChI is InChI=1S/C16H23N3O4/c1-4-8-18-15(21)11(3)19-13(20)9-23-16(22)12-7-5-6-10(2)14(12)17/h5-7,11H,4,8-9,17H2,1-3H3,(H,18,21)(H,19,20)/t11-/m1/s1. The molecule has 0 aliphatic carbocycles. The van der Waals surface area contributed by atoms with Crippen molar-refractivity contribution in [3.63, 3.8) is 0 Å². The fraction of sp³-hybridized carbons (Fsp3) is 0.438. The molecule has 1 aromatic carbocycles. The van der Waals surface area contributed by atoms with Gasteiger partial charge in [-0.1, -0.05) is 19.1 Å². The van der Waals surface area contributed by atoms with Crippen LogP contribution in [0.1, 0.15) is 36.2 Å². The fourth-order valence-corrected chi connectivity index (χ4v) is 1.82. The number of carbonyl (C=O) groups excluding carboxylic acids is 3. The quantitative estimate of drug-likeness (QED) is 0.507. The smallest absolute Gasteiger partial charge is 0.340 e. The largest absolute Gasteiger partial charge is 0.452 e. The first-order valence-corrected chi connectivity index (χ1v) is 7.46. The van der Waals surface area contributed by atoms with Crippen LogP contribution < -0.4 is 16.4 Å². The van der Waals surface area contributed by atoms with E-state index in [1.54, 1.807) is 26.0 Å². The zero-order valence-electron chi connectivity index (χ0n) is 13.6. The Morgan fingerprint density at radius 3 is 2.65 bits per heavy atom. The third-order valence-corrected chi connectivity index (χ3v) is 3.20. The molecule has 0 aliphatic rings. The zero-order chi connectivity index (χ0) is 17.4. The van der Waals surface area contributed by atoms with Crippen molar-refractivity contribution in [1.82, 2.24) is 10.6 Å². The minimum Gasteiger partial charge on any atom is -0.452 e. The lowest BCUT2D eigenvalue weighted by Crippen LogP contribution is -2.46. The topological polar surface area (TPSA) is 111 Å². The Bertz CT molecular complexity index is 587. The molecule has 7 heteroatoms. The number of rotatable bonds is 7. The van der Waals surface area contributed by atoms with Crippen LogP contribution in [0.2, 0.25) is 0 Å². The molecule has 1 rings (SSSR count). The summed E-state index contributed by atoms with van der Waals surface area (Å²) in [6.07, 6.45) is 0.807. The molecule has 0 aliphatic heterocycles. The first-order valence-electron chi connectivity index (χ1n) is 7.46. The van der Waals surface area contributed by atoms with E-state index in [4.69, 9.17) is 10.5 Å². The van der Waals surface area contributed by atoms with Crippen molar-refractivity contribution in [1.29, 1.82) is 0 Å². The third-order valence-electron chi connectivity index (χ3n) is 3.20. The number of benzene rings is 1. The number of nitrogen functional groups attached to an aromatic ring is 1. The van der Waals surface area contributed by atoms with Crippen molar-refractivity contribution in [3.05, 3.63) is 29.3 Å². The predicted molar refractivity (Wildman–Crippen MR) is 86.8 cm³/mol. The van der Waals surface area contributed by atoms with Crippen LogP contribution in [-0.2, 0) is 14.3 Å². The molecular formula is C16H23N3O4. The summed E-state index contributed by atoms with van der Waals surface area (Å²) >= 11 is 0. The van der Waals surface area contributed by atoms with Gasteiger partial charge in [0.1, 0.15) is 6.04 Å². The van der Waals surface area contributed by atoms with Gasteiger partial charge in [-0.25, -0.2) is 4.79 Å². The molecule has 0 saturated heterocycles. The maximum atomic E-state index is 11.9. The second-order valence-corrected chi connectivity index (χ2v) is 5.19. The molecule has 0 heterocycles. The Morgan fingerprint density at radius 1 is 1.30 bits per heavy atom. The molecule has 7 nitrogen and oxygen atoms in total. The Kier molecular flexibility index (Phi) is 7.05. The molecule has 0 unspecified atom stereocenters. The van der Waals surface area contributed by atoms with Gasteiger partial charge >= 0.3 is 5.97 Å². The van der Waals surface area contributed by atoms with Crippen LogP contribution in [0, 0.1) is 6.92 Å². The maximum Gasteiger partial charge on any atom is 0.340 e. The number of carbonyl (C=O) groups is 3. The maximum absolute atomic E-state index is 11.9. The number of anilines is 1. The van der Waals surface area contributed by atoms with Gasteiger partial charge in [0.25, 0.3) is 5.91 Å². The van der Waals surface area contributed by atoms with Gasteiger partial charge in [-0.2, -0.15) is 0 Å². The minimum atomic E-state index is -0.697. The lowest BCUT2D eigenvalue weighted by Gasteiger charge is -2.14. The molecule has 1 atom stereocenters. The summed E-state index contributed by atoms with van der Waals surface area (Å²) in [7, 11) is 0. The van der Waals surface area contributed by atoms with Crippen LogP contribution in [0.3, 0.4) is 0 Å². The fourth-order valence-electron chi connectivity index (χ4n) is 1.82. The van der Waals surface area contributed by atoms with Crippen LogP contribution in [-0.4, -0.2) is 37.0 Å². The first-order chi connectivity index (χ1) is 10.9. The second-order valence-electron chi connectivity index (χ2n) is 5.19. The minimum absolute atomic E-state index is 0.214. The van der Waals surface area contributed by atoms with Gasteiger partial charge in [0, 0.05) is 12.2 Å². The van der Waals surface area contributed by atoms with Gasteiger partial charge in [0.2, 0.25) is 5.91 Å². The van der Waals surface area contributed by atoms with E-state index in [0.717, 1.165) is 12.0 Å². The van der Waals surface area contributed by atoms with E-state index in [9.17, 15) is 14.4 Å². The molecule has 0 aromatic heterocycles. The van der Waals surface area contributed by atoms with Crippen molar-refractivity contribution < 1.29 is 19.1 Å². The number of esters is 1. The zero-order valence-corrected chi connectivity index (χ0v) is 13.6. The number of nitrogens with one attached hydrogen (secondary N) is 2. The average molecular weight is 321 g/mol. The molecular weight excluding hydrogens is 298 g/mol. The highest BCUT2D eigenvalue weighted by molar-refractivity contribution is 5.97. The van der Waals surface area contributed by atoms with Crippen molar-refractivity contribution in [2.75, 3.05) is 18.9 Å². The summed E-state index contributed by atoms with van der Waals surface area (Å²) < 4.78 is 4.92. The van der Waals surface area contributed by atoms with Crippen molar-refractivity contribution in [2.24, 2.45) is 0 Å². The van der Waals surface area contributed by atoms with Gasteiger partial charge < -0.3 is 21.1 Å². The van der Waals surface area contributed by atoms with E-state index < -0.39 is 24.5 Å². The molecule has 0 bridgehead atoms. The summed E-state index contributed by atoms with van der Waals surface area (Å²) in [5, 5.41) is 5.13. The van der Waals surface area contributed by atoms with Gasteiger partial charge in [-0.15, -0.1) is 0 Å². The molecule has 0 radical (unpaired) electrons. The van der Waals surface area contributed by atoms with Gasteiger partial charge in [0.15, 0.2) is 6.61 Å². The number of nitrogens with two attached hydrogens (primary N) is 1. The summed E-state index contributed by atoms with van der Waals surface area (Å²) in [6, 6.07) is 4.29. The van der Waals surface area contributed by atoms with Crippen molar-refractivity contribution in [2.45, 2.75) is 33.2 Å². The van der Waals surface area contributed by atoms with Crippen LogP contribution in [0.15, 0.2) is 18.2 Å². The Balaban J connectivity index is 2.48. The number of ether oxygens (including phenoxy) is 1. The van der Waals surface area contributed by atoms with Crippen molar-refractivity contribution >= 4 is 23.5 Å². The van der Waals surface area contributed by atoms with E-state index >= 15 is 0 Å². The third kappa shape index (κ3) is 5.61. The molecule has 0 fully saturated rings. The SMILES string of the molecule is CCCNC(=O)[C@@H](C)NC(=O)COC(=O)c1cccc(C)c1N. The predicted octanol–water partition coefficient (Wildman–Crippen LogP) is 0.765. The Morgan fingerprint density at radius 2 is 2.00 bits per heavy atom. The van der Waals surface area contributed by atoms with Gasteiger partial charge in [-0.3, -0.25) is 9.59 Å². The van der Waals surface area contributed by atoms with E-state index in [-0.39, 0.29) is 11.5 Å². The van der Waals surface area contributed by atoms with Gasteiger partial charge in [-0.05, 0) is 31.9 Å². The number of amides is 2. The molecule has 23 heavy (non-hydrogen) atoms. The summed E-state index contributed by atoms with van der Waals surface area (Å²) in [4.78, 5) is 35.3. The van der Waals surface area contributed by atoms with Gasteiger partial charge in [0.05, 0.1) is 5.56 Å². The first kappa shape index (κ1) is 18.5. The number of hydrogen-bond acceptors (Lipinski definition) is 5. The highest BCUT2D eigenvalue weighted by Gasteiger charge is 2.17. The molecule has 0 spiro atoms. The van der Waals surface area contributed by atoms with E-state index in [1.165, 1.54) is 6.07 Å². The normalized spacial score (nSPS) is 11.4. The summed E-state index contributed by atoms with van der Waals surface area (Å²) in [5.41, 5.74) is 7.10. The van der Waals surface area contributed by atoms with Crippen LogP contribution in [0.4, 0.5) is 5.69 Å². The number of para-hydroxylation sites is 1. The lowest BCUT2D eigenvalue weighted by molar-refractivity contribution is -0.130. The Hall–Kier alpha value is -2.57. The highest BCUT2D eigenvalue weighted by Crippen LogP contribution is 2.17. The second kappa shape index (κ2) is 8.77. The van der Waals surface area contributed by atoms with E-state index in [1.807, 2.05) is 6.92 Å². The average Bonchev–Trinajstić information content (AvgIpc) is 2.52. The molecule has 2 amide bonds. The number of aryl methyl sites for hydroxylation is 1. The highest BCUT2D eigenvalue weighted by atomic mass is 16.5. The molecule has 4 N–H and O–H groups in total. The van der Waals surface area contributed by atoms with E-state index in [2.05, 4.69) is 10.6 Å². The summed E-state index contributed by atoms with van der Waals surface area (Å²) in [6.45, 7) is 5.33. The lowest BCUT2D eigenvalue weighted by atomic mass is 10.1. The van der Waals surface area contributed by atoms with E-state index in [0.29, 0.717) is 12.2 Å². The van der Waals surface area contributed by atoms with Crippen LogP contribution in [0.5, 0.6) is 0 Å². The van der Waals surface area contributed by atoms with Crippen LogP contribution >= 0.6 is 0 Å². The molecule has 1 aromatic rings.